The molecule has 198 valence electrons. The second-order valence-electron chi connectivity index (χ2n) is 12.3. The summed E-state index contributed by atoms with van der Waals surface area (Å²) in [6, 6.07) is 10.1. The molecule has 1 aromatic carbocycles. The fourth-order valence-electron chi connectivity index (χ4n) is 6.34. The van der Waals surface area contributed by atoms with Crippen molar-refractivity contribution in [2.45, 2.75) is 117 Å². The Labute approximate surface area is 225 Å². The zero-order chi connectivity index (χ0) is 26.0. The first-order valence-electron chi connectivity index (χ1n) is 15.1. The molecular weight excluding hydrogens is 448 g/mol. The van der Waals surface area contributed by atoms with Crippen LogP contribution in [-0.4, -0.2) is 4.57 Å². The molecule has 2 aromatic rings. The molecule has 1 heterocycles. The molecule has 2 atom stereocenters. The Hall–Kier alpha value is -2.48. The highest BCUT2D eigenvalue weighted by Gasteiger charge is 2.32. The summed E-state index contributed by atoms with van der Waals surface area (Å²) in [5, 5.41) is 2.78. The lowest BCUT2D eigenvalue weighted by Gasteiger charge is -2.28. The van der Waals surface area contributed by atoms with Crippen molar-refractivity contribution in [2.75, 3.05) is 0 Å². The molecule has 0 saturated heterocycles. The van der Waals surface area contributed by atoms with Crippen molar-refractivity contribution in [3.63, 3.8) is 0 Å². The molecule has 0 aliphatic heterocycles. The van der Waals surface area contributed by atoms with Crippen LogP contribution >= 0.6 is 0 Å². The van der Waals surface area contributed by atoms with Crippen molar-refractivity contribution in [3.8, 4) is 0 Å². The fraction of sp³-hybridized carbons (Fsp3) is 0.543. The van der Waals surface area contributed by atoms with E-state index in [1.807, 2.05) is 0 Å². The minimum Gasteiger partial charge on any atom is -0.401 e. The van der Waals surface area contributed by atoms with E-state index in [1.54, 1.807) is 16.7 Å². The minimum absolute atomic E-state index is 0.0318. The largest absolute Gasteiger partial charge is 0.401 e. The van der Waals surface area contributed by atoms with Gasteiger partial charge in [-0.05, 0) is 123 Å². The van der Waals surface area contributed by atoms with E-state index >= 15 is 0 Å². The Morgan fingerprint density at radius 1 is 1.16 bits per heavy atom. The van der Waals surface area contributed by atoms with E-state index in [-0.39, 0.29) is 5.41 Å². The van der Waals surface area contributed by atoms with E-state index in [1.165, 1.54) is 79.5 Å². The van der Waals surface area contributed by atoms with Crippen LogP contribution in [0.5, 0.6) is 0 Å². The third-order valence-corrected chi connectivity index (χ3v) is 9.11. The van der Waals surface area contributed by atoms with Gasteiger partial charge < -0.3 is 10.3 Å². The van der Waals surface area contributed by atoms with Crippen LogP contribution in [0.4, 0.5) is 0 Å². The van der Waals surface area contributed by atoms with Crippen LogP contribution in [-0.2, 0) is 12.8 Å². The van der Waals surface area contributed by atoms with Gasteiger partial charge in [0.15, 0.2) is 0 Å². The summed E-state index contributed by atoms with van der Waals surface area (Å²) >= 11 is 0. The van der Waals surface area contributed by atoms with Crippen LogP contribution in [0.1, 0.15) is 121 Å². The first kappa shape index (κ1) is 26.1. The van der Waals surface area contributed by atoms with Crippen LogP contribution in [0, 0.1) is 5.41 Å². The molecule has 2 nitrogen and oxygen atoms in total. The maximum absolute atomic E-state index is 6.64. The van der Waals surface area contributed by atoms with Crippen LogP contribution < -0.4 is 16.3 Å². The predicted octanol–water partition coefficient (Wildman–Crippen LogP) is 7.61. The lowest BCUT2D eigenvalue weighted by atomic mass is 9.80. The minimum atomic E-state index is -0.0318. The smallest absolute Gasteiger partial charge is 0.0448 e. The average molecular weight is 497 g/mol. The summed E-state index contributed by atoms with van der Waals surface area (Å²) in [5.74, 6) is 0.833. The van der Waals surface area contributed by atoms with Gasteiger partial charge in [-0.2, -0.15) is 0 Å². The Kier molecular flexibility index (Phi) is 7.84. The van der Waals surface area contributed by atoms with E-state index < -0.39 is 0 Å². The lowest BCUT2D eigenvalue weighted by molar-refractivity contribution is 0.420. The van der Waals surface area contributed by atoms with Crippen molar-refractivity contribution in [1.82, 2.24) is 4.57 Å². The van der Waals surface area contributed by atoms with Gasteiger partial charge in [0.1, 0.15) is 0 Å². The Morgan fingerprint density at radius 3 is 2.68 bits per heavy atom. The fourth-order valence-corrected chi connectivity index (χ4v) is 6.34. The normalized spacial score (nSPS) is 21.7. The maximum Gasteiger partial charge on any atom is 0.0448 e. The van der Waals surface area contributed by atoms with Crippen LogP contribution in [0.15, 0.2) is 53.4 Å². The number of nitrogens with zero attached hydrogens (tertiary/aromatic N) is 1. The van der Waals surface area contributed by atoms with E-state index in [2.05, 4.69) is 81.0 Å². The Balaban J connectivity index is 1.26. The van der Waals surface area contributed by atoms with Gasteiger partial charge in [-0.15, -0.1) is 0 Å². The molecule has 0 amide bonds. The maximum atomic E-state index is 6.64. The number of allylic oxidation sites excluding steroid dienone is 4. The highest BCUT2D eigenvalue weighted by Crippen LogP contribution is 2.42. The SMILES string of the molecule is CCCC(CC/C(C)=C\CCc1cc(CC)ccc1C1CC1)n1ccc2c1=CC(C)(C(N)=C1CC1)CC=2. The van der Waals surface area contributed by atoms with Crippen molar-refractivity contribution in [3.05, 3.63) is 80.6 Å². The molecule has 37 heavy (non-hydrogen) atoms. The van der Waals surface area contributed by atoms with Gasteiger partial charge in [0.2, 0.25) is 0 Å². The second-order valence-corrected chi connectivity index (χ2v) is 12.3. The molecule has 3 aliphatic rings. The number of aromatic nitrogens is 1. The summed E-state index contributed by atoms with van der Waals surface area (Å²) in [6.07, 6.45) is 24.2. The molecule has 2 heteroatoms. The Bertz CT molecular complexity index is 1290. The molecule has 2 fully saturated rings. The topological polar surface area (TPSA) is 30.9 Å². The molecule has 5 rings (SSSR count). The highest BCUT2D eigenvalue weighted by atomic mass is 15.0. The number of benzene rings is 1. The summed E-state index contributed by atoms with van der Waals surface area (Å²) in [4.78, 5) is 0. The number of aryl methyl sites for hydroxylation is 2. The third kappa shape index (κ3) is 6.00. The van der Waals surface area contributed by atoms with Gasteiger partial charge in [0, 0.05) is 28.7 Å². The predicted molar refractivity (Wildman–Crippen MR) is 159 cm³/mol. The standard InChI is InChI=1S/C35H48N2/c1-5-8-31(37-22-20-28-19-21-35(4,24-33(28)37)34(36)29-15-16-29)17-11-25(3)9-7-10-30-23-26(6-2)12-18-32(30)27-13-14-27/h9,12,18-20,22-24,27,31H,5-8,10-11,13-17,21,36H2,1-4H3/b25-9-. The van der Waals surface area contributed by atoms with Crippen molar-refractivity contribution in [2.24, 2.45) is 11.1 Å². The van der Waals surface area contributed by atoms with Crippen molar-refractivity contribution < 1.29 is 0 Å². The molecule has 0 spiro atoms. The molecule has 2 N–H and O–H groups in total. The molecule has 0 bridgehead atoms. The van der Waals surface area contributed by atoms with Gasteiger partial charge >= 0.3 is 0 Å². The van der Waals surface area contributed by atoms with Crippen LogP contribution in [0.25, 0.3) is 12.2 Å². The summed E-state index contributed by atoms with van der Waals surface area (Å²) < 4.78 is 2.57. The highest BCUT2D eigenvalue weighted by molar-refractivity contribution is 5.51. The van der Waals surface area contributed by atoms with Gasteiger partial charge in [-0.25, -0.2) is 0 Å². The number of hydrogen-bond acceptors (Lipinski definition) is 1. The van der Waals surface area contributed by atoms with E-state index in [0.717, 1.165) is 30.9 Å². The molecule has 2 saturated carbocycles. The second kappa shape index (κ2) is 11.1. The molecule has 0 radical (unpaired) electrons. The summed E-state index contributed by atoms with van der Waals surface area (Å²) in [6.45, 7) is 9.27. The number of hydrogen-bond donors (Lipinski definition) is 1. The Morgan fingerprint density at radius 2 is 1.97 bits per heavy atom. The molecule has 3 aliphatic carbocycles. The zero-order valence-corrected chi connectivity index (χ0v) is 23.8. The summed E-state index contributed by atoms with van der Waals surface area (Å²) in [5.41, 5.74) is 15.5. The zero-order valence-electron chi connectivity index (χ0n) is 23.8. The molecule has 1 aromatic heterocycles. The van der Waals surface area contributed by atoms with E-state index in [9.17, 15) is 0 Å². The first-order chi connectivity index (χ1) is 17.9. The van der Waals surface area contributed by atoms with Crippen molar-refractivity contribution in [1.29, 1.82) is 0 Å². The van der Waals surface area contributed by atoms with Gasteiger partial charge in [-0.3, -0.25) is 0 Å². The number of rotatable bonds is 12. The van der Waals surface area contributed by atoms with Crippen LogP contribution in [0.2, 0.25) is 0 Å². The molecule has 2 unspecified atom stereocenters. The van der Waals surface area contributed by atoms with Gasteiger partial charge in [-0.1, -0.05) is 63.1 Å². The van der Waals surface area contributed by atoms with Gasteiger partial charge in [0.25, 0.3) is 0 Å². The van der Waals surface area contributed by atoms with E-state index in [0.29, 0.717) is 6.04 Å². The summed E-state index contributed by atoms with van der Waals surface area (Å²) in [7, 11) is 0. The average Bonchev–Trinajstić information content (AvgIpc) is 3.83. The number of nitrogens with two attached hydrogens (primary N) is 1. The third-order valence-electron chi connectivity index (χ3n) is 9.11. The first-order valence-corrected chi connectivity index (χ1v) is 15.1. The monoisotopic (exact) mass is 496 g/mol. The van der Waals surface area contributed by atoms with Crippen LogP contribution in [0.3, 0.4) is 0 Å². The number of fused-ring (bicyclic) bond motifs is 1. The van der Waals surface area contributed by atoms with Crippen molar-refractivity contribution >= 4 is 12.2 Å². The van der Waals surface area contributed by atoms with E-state index in [4.69, 9.17) is 5.73 Å². The quantitative estimate of drug-likeness (QED) is 0.301. The lowest BCUT2D eigenvalue weighted by Crippen LogP contribution is -2.39. The van der Waals surface area contributed by atoms with Gasteiger partial charge in [0.05, 0.1) is 0 Å². The molecular formula is C35H48N2.